The molecule has 3 heterocycles. The highest BCUT2D eigenvalue weighted by Crippen LogP contribution is 2.25. The summed E-state index contributed by atoms with van der Waals surface area (Å²) in [5.41, 5.74) is 14.0. The zero-order chi connectivity index (χ0) is 20.5. The molecule has 150 valence electrons. The Kier molecular flexibility index (Phi) is 5.01. The molecule has 29 heavy (non-hydrogen) atoms. The monoisotopic (exact) mass is 413 g/mol. The highest BCUT2D eigenvalue weighted by atomic mass is 35.5. The Balaban J connectivity index is 1.55. The van der Waals surface area contributed by atoms with E-state index >= 15 is 0 Å². The summed E-state index contributed by atoms with van der Waals surface area (Å²) in [4.78, 5) is 24.5. The molecule has 0 aliphatic carbocycles. The highest BCUT2D eigenvalue weighted by Gasteiger charge is 2.31. The van der Waals surface area contributed by atoms with E-state index in [1.54, 1.807) is 17.0 Å². The summed E-state index contributed by atoms with van der Waals surface area (Å²) in [6, 6.07) is 6.56. The van der Waals surface area contributed by atoms with Gasteiger partial charge in [-0.05, 0) is 35.9 Å². The fourth-order valence-electron chi connectivity index (χ4n) is 3.37. The number of carbonyl (C=O) groups is 1. The molecule has 0 fully saturated rings. The van der Waals surface area contributed by atoms with Gasteiger partial charge >= 0.3 is 0 Å². The van der Waals surface area contributed by atoms with Gasteiger partial charge in [-0.2, -0.15) is 9.78 Å². The van der Waals surface area contributed by atoms with Crippen molar-refractivity contribution in [3.63, 3.8) is 0 Å². The van der Waals surface area contributed by atoms with E-state index in [0.29, 0.717) is 42.6 Å². The Labute approximate surface area is 171 Å². The molecule has 1 aliphatic rings. The van der Waals surface area contributed by atoms with Crippen LogP contribution in [0.1, 0.15) is 30.6 Å². The number of nitrogens with zero attached hydrogens (tertiary/aromatic N) is 7. The Morgan fingerprint density at radius 2 is 2.00 bits per heavy atom. The standard InChI is InChI=1S/C18H20ClN9O/c1-2-14(28-25-16(24-26-28)10-3-5-11(19)6-4-10)17(29)27-8-7-13-12(9-27)15(20)23-18(21)22-13/h3-6,14H,2,7-9H2,1H3,(H4,20,21,22,23). The average molecular weight is 414 g/mol. The van der Waals surface area contributed by atoms with Crippen LogP contribution in [0.2, 0.25) is 5.02 Å². The van der Waals surface area contributed by atoms with Crippen molar-refractivity contribution in [3.8, 4) is 11.4 Å². The summed E-state index contributed by atoms with van der Waals surface area (Å²) in [5.74, 6) is 0.787. The van der Waals surface area contributed by atoms with Crippen molar-refractivity contribution < 1.29 is 4.79 Å². The fourth-order valence-corrected chi connectivity index (χ4v) is 3.49. The summed E-state index contributed by atoms with van der Waals surface area (Å²) in [7, 11) is 0. The van der Waals surface area contributed by atoms with Gasteiger partial charge in [0.1, 0.15) is 5.82 Å². The minimum absolute atomic E-state index is 0.102. The van der Waals surface area contributed by atoms with Gasteiger partial charge in [0.05, 0.1) is 12.2 Å². The molecule has 2 aromatic heterocycles. The van der Waals surface area contributed by atoms with Gasteiger partial charge in [-0.25, -0.2) is 4.98 Å². The van der Waals surface area contributed by atoms with E-state index in [9.17, 15) is 4.79 Å². The SMILES string of the molecule is CCC(C(=O)N1CCc2nc(N)nc(N)c2C1)n1nnc(-c2ccc(Cl)cc2)n1. The van der Waals surface area contributed by atoms with Crippen LogP contribution in [-0.2, 0) is 17.8 Å². The largest absolute Gasteiger partial charge is 0.383 e. The van der Waals surface area contributed by atoms with Gasteiger partial charge in [-0.15, -0.1) is 10.2 Å². The maximum Gasteiger partial charge on any atom is 0.249 e. The molecule has 1 atom stereocenters. The molecule has 0 radical (unpaired) electrons. The van der Waals surface area contributed by atoms with Crippen molar-refractivity contribution in [1.29, 1.82) is 0 Å². The predicted octanol–water partition coefficient (Wildman–Crippen LogP) is 1.48. The van der Waals surface area contributed by atoms with Crippen molar-refractivity contribution in [2.45, 2.75) is 32.4 Å². The van der Waals surface area contributed by atoms with Gasteiger partial charge in [0.2, 0.25) is 17.7 Å². The lowest BCUT2D eigenvalue weighted by atomic mass is 10.0. The second-order valence-electron chi connectivity index (χ2n) is 6.77. The van der Waals surface area contributed by atoms with Crippen molar-refractivity contribution in [2.24, 2.45) is 0 Å². The van der Waals surface area contributed by atoms with Gasteiger partial charge in [0, 0.05) is 29.1 Å². The number of tetrazole rings is 1. The zero-order valence-electron chi connectivity index (χ0n) is 15.8. The van der Waals surface area contributed by atoms with Crippen LogP contribution in [-0.4, -0.2) is 47.5 Å². The fraction of sp³-hybridized carbons (Fsp3) is 0.333. The first-order valence-electron chi connectivity index (χ1n) is 9.21. The highest BCUT2D eigenvalue weighted by molar-refractivity contribution is 6.30. The third-order valence-electron chi connectivity index (χ3n) is 4.90. The molecule has 10 nitrogen and oxygen atoms in total. The number of anilines is 2. The van der Waals surface area contributed by atoms with Gasteiger partial charge < -0.3 is 16.4 Å². The van der Waals surface area contributed by atoms with Crippen LogP contribution in [0.25, 0.3) is 11.4 Å². The molecule has 0 saturated heterocycles. The van der Waals surface area contributed by atoms with E-state index < -0.39 is 6.04 Å². The number of aromatic nitrogens is 6. The number of halogens is 1. The van der Waals surface area contributed by atoms with Gasteiger partial charge in [0.15, 0.2) is 6.04 Å². The minimum atomic E-state index is -0.568. The van der Waals surface area contributed by atoms with Gasteiger partial charge in [0.25, 0.3) is 0 Å². The molecule has 0 saturated carbocycles. The number of hydrogen-bond acceptors (Lipinski definition) is 8. The van der Waals surface area contributed by atoms with Crippen LogP contribution in [0, 0.1) is 0 Å². The summed E-state index contributed by atoms with van der Waals surface area (Å²) in [6.07, 6.45) is 1.08. The number of nitrogen functional groups attached to an aromatic ring is 2. The van der Waals surface area contributed by atoms with Crippen LogP contribution in [0.5, 0.6) is 0 Å². The number of amides is 1. The maximum atomic E-state index is 13.2. The molecule has 4 rings (SSSR count). The van der Waals surface area contributed by atoms with E-state index in [1.165, 1.54) is 4.80 Å². The molecule has 4 N–H and O–H groups in total. The van der Waals surface area contributed by atoms with E-state index in [1.807, 2.05) is 19.1 Å². The molecular formula is C18H20ClN9O. The van der Waals surface area contributed by atoms with Crippen molar-refractivity contribution in [2.75, 3.05) is 18.0 Å². The van der Waals surface area contributed by atoms with Gasteiger partial charge in [-0.3, -0.25) is 4.79 Å². The number of hydrogen-bond donors (Lipinski definition) is 2. The first kappa shape index (κ1) is 19.1. The van der Waals surface area contributed by atoms with E-state index in [0.717, 1.165) is 16.8 Å². The third kappa shape index (κ3) is 3.70. The molecule has 1 aromatic carbocycles. The topological polar surface area (TPSA) is 142 Å². The minimum Gasteiger partial charge on any atom is -0.383 e. The lowest BCUT2D eigenvalue weighted by Crippen LogP contribution is -2.41. The second kappa shape index (κ2) is 7.63. The summed E-state index contributed by atoms with van der Waals surface area (Å²) >= 11 is 5.92. The maximum absolute atomic E-state index is 13.2. The molecule has 11 heteroatoms. The Morgan fingerprint density at radius 3 is 2.72 bits per heavy atom. The summed E-state index contributed by atoms with van der Waals surface area (Å²) < 4.78 is 0. The molecule has 1 unspecified atom stereocenters. The molecule has 0 bridgehead atoms. The number of nitrogens with two attached hydrogens (primary N) is 2. The van der Waals surface area contributed by atoms with Crippen LogP contribution >= 0.6 is 11.6 Å². The van der Waals surface area contributed by atoms with Crippen molar-refractivity contribution in [3.05, 3.63) is 40.5 Å². The Bertz CT molecular complexity index is 1050. The smallest absolute Gasteiger partial charge is 0.249 e. The first-order valence-corrected chi connectivity index (χ1v) is 9.59. The molecule has 1 amide bonds. The third-order valence-corrected chi connectivity index (χ3v) is 5.15. The quantitative estimate of drug-likeness (QED) is 0.654. The van der Waals surface area contributed by atoms with Crippen LogP contribution in [0.3, 0.4) is 0 Å². The summed E-state index contributed by atoms with van der Waals surface area (Å²) in [5, 5.41) is 13.2. The van der Waals surface area contributed by atoms with Gasteiger partial charge in [-0.1, -0.05) is 18.5 Å². The number of rotatable bonds is 4. The number of carbonyl (C=O) groups excluding carboxylic acids is 1. The van der Waals surface area contributed by atoms with Crippen molar-refractivity contribution in [1.82, 2.24) is 35.1 Å². The van der Waals surface area contributed by atoms with Crippen molar-refractivity contribution >= 4 is 29.3 Å². The lowest BCUT2D eigenvalue weighted by Gasteiger charge is -2.31. The second-order valence-corrected chi connectivity index (χ2v) is 7.20. The Morgan fingerprint density at radius 1 is 1.24 bits per heavy atom. The Hall–Kier alpha value is -3.27. The van der Waals surface area contributed by atoms with E-state index in [-0.39, 0.29) is 11.9 Å². The van der Waals surface area contributed by atoms with Crippen LogP contribution in [0.15, 0.2) is 24.3 Å². The van der Waals surface area contributed by atoms with Crippen LogP contribution < -0.4 is 11.5 Å². The molecule has 0 spiro atoms. The lowest BCUT2D eigenvalue weighted by molar-refractivity contribution is -0.136. The van der Waals surface area contributed by atoms with E-state index in [4.69, 9.17) is 23.1 Å². The summed E-state index contributed by atoms with van der Waals surface area (Å²) in [6.45, 7) is 2.75. The number of benzene rings is 1. The normalized spacial score (nSPS) is 14.5. The average Bonchev–Trinajstić information content (AvgIpc) is 3.18. The predicted molar refractivity (Wildman–Crippen MR) is 108 cm³/mol. The molecule has 3 aromatic rings. The molecule has 1 aliphatic heterocycles. The first-order chi connectivity index (χ1) is 14.0. The zero-order valence-corrected chi connectivity index (χ0v) is 16.5. The van der Waals surface area contributed by atoms with E-state index in [2.05, 4.69) is 25.4 Å². The number of fused-ring (bicyclic) bond motifs is 1. The molecular weight excluding hydrogens is 394 g/mol. The van der Waals surface area contributed by atoms with Crippen LogP contribution in [0.4, 0.5) is 11.8 Å².